The first-order valence-corrected chi connectivity index (χ1v) is 6.99. The van der Waals surface area contributed by atoms with Crippen LogP contribution >= 0.6 is 0 Å². The highest BCUT2D eigenvalue weighted by Crippen LogP contribution is 2.40. The number of halogens is 6. The van der Waals surface area contributed by atoms with Gasteiger partial charge in [0.15, 0.2) is 0 Å². The van der Waals surface area contributed by atoms with Crippen LogP contribution in [0.4, 0.5) is 26.3 Å². The monoisotopic (exact) mass is 357 g/mol. The third-order valence-electron chi connectivity index (χ3n) is 3.20. The molecule has 0 radical (unpaired) electrons. The Hall–Kier alpha value is -1.81. The van der Waals surface area contributed by atoms with E-state index in [2.05, 4.69) is 5.32 Å². The minimum absolute atomic E-state index is 0.0266. The molecule has 0 saturated heterocycles. The Morgan fingerprint density at radius 1 is 1.08 bits per heavy atom. The van der Waals surface area contributed by atoms with Gasteiger partial charge in [-0.1, -0.05) is 0 Å². The number of hydrogen-bond acceptors (Lipinski definition) is 3. The maximum atomic E-state index is 12.8. The number of hydrogen-bond donors (Lipinski definition) is 3. The van der Waals surface area contributed by atoms with Crippen LogP contribution in [0.3, 0.4) is 0 Å². The van der Waals surface area contributed by atoms with Gasteiger partial charge in [0, 0.05) is 18.2 Å². The van der Waals surface area contributed by atoms with Gasteiger partial charge in [-0.25, -0.2) is 0 Å². The summed E-state index contributed by atoms with van der Waals surface area (Å²) < 4.78 is 76.4. The molecule has 4 nitrogen and oxygen atoms in total. The highest BCUT2D eigenvalue weighted by atomic mass is 19.4. The molecule has 1 aromatic rings. The topological polar surface area (TPSA) is 81.1 Å². The molecule has 10 heteroatoms. The highest BCUT2D eigenvalue weighted by Gasteiger charge is 2.43. The molecule has 0 aromatic heterocycles. The zero-order chi connectivity index (χ0) is 18.5. The van der Waals surface area contributed by atoms with E-state index in [-0.39, 0.29) is 18.7 Å². The number of nitrogens with two attached hydrogens (primary N) is 2. The van der Waals surface area contributed by atoms with Gasteiger partial charge in [-0.3, -0.25) is 4.79 Å². The Morgan fingerprint density at radius 2 is 1.67 bits per heavy atom. The number of nitrogens with one attached hydrogen (secondary N) is 1. The van der Waals surface area contributed by atoms with Crippen LogP contribution in [-0.2, 0) is 12.4 Å². The summed E-state index contributed by atoms with van der Waals surface area (Å²) >= 11 is 0. The van der Waals surface area contributed by atoms with E-state index < -0.39 is 41.0 Å². The van der Waals surface area contributed by atoms with E-state index in [1.807, 2.05) is 0 Å². The molecule has 0 aliphatic rings. The summed E-state index contributed by atoms with van der Waals surface area (Å²) in [5.74, 6) is -0.933. The van der Waals surface area contributed by atoms with Crippen LogP contribution in [0.1, 0.15) is 34.3 Å². The van der Waals surface area contributed by atoms with Crippen LogP contribution < -0.4 is 16.8 Å². The first kappa shape index (κ1) is 20.2. The number of benzene rings is 1. The summed E-state index contributed by atoms with van der Waals surface area (Å²) in [6.45, 7) is 0.372. The zero-order valence-electron chi connectivity index (χ0n) is 12.5. The van der Waals surface area contributed by atoms with Crippen molar-refractivity contribution in [3.05, 3.63) is 34.9 Å². The summed E-state index contributed by atoms with van der Waals surface area (Å²) in [6, 6.07) is 0.670. The van der Waals surface area contributed by atoms with Gasteiger partial charge in [-0.2, -0.15) is 26.3 Å². The lowest BCUT2D eigenvalue weighted by Gasteiger charge is -2.17. The standard InChI is InChI=1S/C14H17F6N3O/c15-13(16,17)10-4-3-8(6-11(10)14(18,19)20)12(24)23-7-9(22)2-1-5-21/h3-4,6,9H,1-2,5,7,21-22H2,(H,23,24)/t9-/m0/s1. The molecule has 0 aliphatic carbocycles. The summed E-state index contributed by atoms with van der Waals surface area (Å²) in [5, 5.41) is 2.29. The zero-order valence-corrected chi connectivity index (χ0v) is 12.5. The van der Waals surface area contributed by atoms with Gasteiger partial charge in [-0.05, 0) is 37.6 Å². The second-order valence-corrected chi connectivity index (χ2v) is 5.16. The summed E-state index contributed by atoms with van der Waals surface area (Å²) in [7, 11) is 0. The molecule has 0 heterocycles. The highest BCUT2D eigenvalue weighted by molar-refractivity contribution is 5.94. The van der Waals surface area contributed by atoms with Gasteiger partial charge in [0.2, 0.25) is 0 Å². The molecule has 0 fully saturated rings. The lowest BCUT2D eigenvalue weighted by atomic mass is 10.0. The molecule has 0 spiro atoms. The van der Waals surface area contributed by atoms with Crippen molar-refractivity contribution in [3.8, 4) is 0 Å². The van der Waals surface area contributed by atoms with Crippen molar-refractivity contribution in [2.45, 2.75) is 31.2 Å². The van der Waals surface area contributed by atoms with Crippen molar-refractivity contribution < 1.29 is 31.1 Å². The van der Waals surface area contributed by atoms with Crippen LogP contribution in [0.25, 0.3) is 0 Å². The molecule has 0 saturated carbocycles. The largest absolute Gasteiger partial charge is 0.417 e. The Kier molecular flexibility index (Phi) is 6.61. The third-order valence-corrected chi connectivity index (χ3v) is 3.20. The molecule has 24 heavy (non-hydrogen) atoms. The second-order valence-electron chi connectivity index (χ2n) is 5.16. The first-order valence-electron chi connectivity index (χ1n) is 6.99. The van der Waals surface area contributed by atoms with Gasteiger partial charge in [0.1, 0.15) is 0 Å². The number of alkyl halides is 6. The quantitative estimate of drug-likeness (QED) is 0.685. The minimum atomic E-state index is -5.24. The second kappa shape index (κ2) is 7.84. The fourth-order valence-electron chi connectivity index (χ4n) is 1.98. The lowest BCUT2D eigenvalue weighted by molar-refractivity contribution is -0.162. The van der Waals surface area contributed by atoms with Crippen LogP contribution in [0.2, 0.25) is 0 Å². The van der Waals surface area contributed by atoms with E-state index in [4.69, 9.17) is 11.5 Å². The minimum Gasteiger partial charge on any atom is -0.350 e. The average molecular weight is 357 g/mol. The van der Waals surface area contributed by atoms with Crippen LogP contribution in [0, 0.1) is 0 Å². The predicted molar refractivity (Wildman–Crippen MR) is 75.0 cm³/mol. The number of carbonyl (C=O) groups excluding carboxylic acids is 1. The molecule has 1 atom stereocenters. The fraction of sp³-hybridized carbons (Fsp3) is 0.500. The molecule has 1 amide bonds. The summed E-state index contributed by atoms with van der Waals surface area (Å²) in [6.07, 6.45) is -9.31. The number of rotatable bonds is 6. The van der Waals surface area contributed by atoms with E-state index in [1.165, 1.54) is 0 Å². The van der Waals surface area contributed by atoms with Gasteiger partial charge < -0.3 is 16.8 Å². The van der Waals surface area contributed by atoms with Gasteiger partial charge in [0.05, 0.1) is 11.1 Å². The smallest absolute Gasteiger partial charge is 0.350 e. The van der Waals surface area contributed by atoms with Gasteiger partial charge in [0.25, 0.3) is 5.91 Å². The van der Waals surface area contributed by atoms with E-state index in [0.29, 0.717) is 25.5 Å². The summed E-state index contributed by atoms with van der Waals surface area (Å²) in [5.41, 5.74) is 6.68. The molecular weight excluding hydrogens is 340 g/mol. The van der Waals surface area contributed by atoms with Crippen molar-refractivity contribution in [3.63, 3.8) is 0 Å². The van der Waals surface area contributed by atoms with Crippen molar-refractivity contribution >= 4 is 5.91 Å². The van der Waals surface area contributed by atoms with E-state index in [0.717, 1.165) is 0 Å². The molecule has 0 bridgehead atoms. The van der Waals surface area contributed by atoms with Crippen LogP contribution in [-0.4, -0.2) is 25.0 Å². The maximum absolute atomic E-state index is 12.8. The Labute approximate surface area is 134 Å². The normalized spacial score (nSPS) is 13.7. The molecular formula is C14H17F6N3O. The van der Waals surface area contributed by atoms with Crippen molar-refractivity contribution in [1.82, 2.24) is 5.32 Å². The third kappa shape index (κ3) is 5.68. The molecule has 1 aromatic carbocycles. The lowest BCUT2D eigenvalue weighted by Crippen LogP contribution is -2.37. The molecule has 0 aliphatic heterocycles. The predicted octanol–water partition coefficient (Wildman–Crippen LogP) is 2.52. The van der Waals surface area contributed by atoms with E-state index in [9.17, 15) is 31.1 Å². The molecule has 1 rings (SSSR count). The Morgan fingerprint density at radius 3 is 2.17 bits per heavy atom. The van der Waals surface area contributed by atoms with E-state index >= 15 is 0 Å². The van der Waals surface area contributed by atoms with Crippen molar-refractivity contribution in [2.24, 2.45) is 11.5 Å². The van der Waals surface area contributed by atoms with Gasteiger partial charge >= 0.3 is 12.4 Å². The molecule has 0 unspecified atom stereocenters. The number of carbonyl (C=O) groups is 1. The SMILES string of the molecule is NCCC[C@H](N)CNC(=O)c1ccc(C(F)(F)F)c(C(F)(F)F)c1. The molecule has 5 N–H and O–H groups in total. The number of amides is 1. The Balaban J connectivity index is 2.95. The Bertz CT molecular complexity index is 571. The summed E-state index contributed by atoms with van der Waals surface area (Å²) in [4.78, 5) is 11.8. The van der Waals surface area contributed by atoms with Crippen LogP contribution in [0.15, 0.2) is 18.2 Å². The van der Waals surface area contributed by atoms with Crippen molar-refractivity contribution in [2.75, 3.05) is 13.1 Å². The van der Waals surface area contributed by atoms with Crippen LogP contribution in [0.5, 0.6) is 0 Å². The first-order chi connectivity index (χ1) is 11.0. The molecule has 136 valence electrons. The van der Waals surface area contributed by atoms with Gasteiger partial charge in [-0.15, -0.1) is 0 Å². The fourth-order valence-corrected chi connectivity index (χ4v) is 1.98. The van der Waals surface area contributed by atoms with Crippen molar-refractivity contribution in [1.29, 1.82) is 0 Å². The maximum Gasteiger partial charge on any atom is 0.417 e. The average Bonchev–Trinajstić information content (AvgIpc) is 2.48. The van der Waals surface area contributed by atoms with E-state index in [1.54, 1.807) is 0 Å².